The fourth-order valence-corrected chi connectivity index (χ4v) is 10.8. The van der Waals surface area contributed by atoms with Gasteiger partial charge in [-0.25, -0.2) is 0 Å². The van der Waals surface area contributed by atoms with Gasteiger partial charge in [0.25, 0.3) is 0 Å². The highest BCUT2D eigenvalue weighted by Crippen LogP contribution is 2.58. The van der Waals surface area contributed by atoms with E-state index in [4.69, 9.17) is 0 Å². The monoisotopic (exact) mass is 437 g/mol. The fraction of sp³-hybridized carbons (Fsp3) is 0.267. The highest BCUT2D eigenvalue weighted by atomic mass is 28.3. The summed E-state index contributed by atoms with van der Waals surface area (Å²) in [5.74, 6) is 0.491. The van der Waals surface area contributed by atoms with Crippen LogP contribution in [0.3, 0.4) is 0 Å². The lowest BCUT2D eigenvalue weighted by molar-refractivity contribution is 0.352. The minimum absolute atomic E-state index is 0.000173. The lowest BCUT2D eigenvalue weighted by Gasteiger charge is -2.53. The van der Waals surface area contributed by atoms with Crippen LogP contribution in [0.5, 0.6) is 0 Å². The maximum absolute atomic E-state index is 4.22. The lowest BCUT2D eigenvalue weighted by atomic mass is 9.80. The van der Waals surface area contributed by atoms with Gasteiger partial charge in [0.15, 0.2) is 0 Å². The Morgan fingerprint density at radius 1 is 0.719 bits per heavy atom. The van der Waals surface area contributed by atoms with Crippen LogP contribution in [-0.4, -0.2) is 8.24 Å². The fourth-order valence-electron chi connectivity index (χ4n) is 5.21. The molecule has 1 atom stereocenters. The number of hydrogen-bond donors (Lipinski definition) is 1. The maximum atomic E-state index is 4.22. The molecule has 0 radical (unpaired) electrons. The number of para-hydroxylation sites is 1. The van der Waals surface area contributed by atoms with E-state index in [1.54, 1.807) is 0 Å². The van der Waals surface area contributed by atoms with E-state index in [1.807, 2.05) is 0 Å². The van der Waals surface area contributed by atoms with Gasteiger partial charge in [0.2, 0.25) is 8.24 Å². The van der Waals surface area contributed by atoms with Crippen LogP contribution in [0.25, 0.3) is 0 Å². The Kier molecular flexibility index (Phi) is 6.00. The summed E-state index contributed by atoms with van der Waals surface area (Å²) in [6, 6.07) is 33.1. The molecule has 0 aromatic heterocycles. The van der Waals surface area contributed by atoms with E-state index in [-0.39, 0.29) is 10.5 Å². The van der Waals surface area contributed by atoms with Gasteiger partial charge in [0.1, 0.15) is 0 Å². The Bertz CT molecular complexity index is 1050. The topological polar surface area (TPSA) is 12.0 Å². The van der Waals surface area contributed by atoms with Gasteiger partial charge in [0.05, 0.1) is 0 Å². The SMILES string of the molecule is CC(C)C1=CC(C(C)(C)C)([Si](Nc2ccccc2)(c2ccccc2)c2ccccc2)C=C1. The molecule has 3 aromatic rings. The van der Waals surface area contributed by atoms with Crippen LogP contribution in [0.15, 0.2) is 115 Å². The summed E-state index contributed by atoms with van der Waals surface area (Å²) in [5, 5.41) is 2.64. The molecule has 0 spiro atoms. The normalized spacial score (nSPS) is 18.6. The van der Waals surface area contributed by atoms with E-state index < -0.39 is 8.24 Å². The second-order valence-electron chi connectivity index (χ2n) is 10.2. The lowest BCUT2D eigenvalue weighted by Crippen LogP contribution is -2.73. The Morgan fingerprint density at radius 3 is 1.59 bits per heavy atom. The largest absolute Gasteiger partial charge is 0.403 e. The van der Waals surface area contributed by atoms with Gasteiger partial charge in [-0.3, -0.25) is 0 Å². The van der Waals surface area contributed by atoms with Crippen LogP contribution in [0.1, 0.15) is 34.6 Å². The smallest absolute Gasteiger partial charge is 0.232 e. The number of allylic oxidation sites excluding steroid dienone is 4. The molecule has 0 bridgehead atoms. The van der Waals surface area contributed by atoms with Crippen molar-refractivity contribution in [3.8, 4) is 0 Å². The predicted molar refractivity (Wildman–Crippen MR) is 142 cm³/mol. The van der Waals surface area contributed by atoms with E-state index in [0.29, 0.717) is 5.92 Å². The molecule has 4 rings (SSSR count). The summed E-state index contributed by atoms with van der Waals surface area (Å²) < 4.78 is 0. The van der Waals surface area contributed by atoms with Gasteiger partial charge >= 0.3 is 0 Å². The first-order valence-corrected chi connectivity index (χ1v) is 13.7. The number of anilines is 1. The standard InChI is InChI=1S/C30H35NSi/c1-24(2)25-21-22-30(23-25,29(3,4)5)32(27-17-11-7-12-18-27,28-19-13-8-14-20-28)31-26-15-9-6-10-16-26/h6-24,31H,1-5H3. The Balaban J connectivity index is 2.12. The minimum atomic E-state index is -2.64. The molecule has 0 fully saturated rings. The second kappa shape index (κ2) is 8.59. The minimum Gasteiger partial charge on any atom is -0.403 e. The molecular formula is C30H35NSi. The Labute approximate surface area is 195 Å². The molecule has 0 heterocycles. The van der Waals surface area contributed by atoms with E-state index in [1.165, 1.54) is 21.6 Å². The summed E-state index contributed by atoms with van der Waals surface area (Å²) in [6.07, 6.45) is 7.50. The molecule has 1 unspecified atom stereocenters. The van der Waals surface area contributed by atoms with Crippen molar-refractivity contribution < 1.29 is 0 Å². The molecule has 1 aliphatic carbocycles. The van der Waals surface area contributed by atoms with Crippen molar-refractivity contribution in [2.24, 2.45) is 11.3 Å². The third-order valence-electron chi connectivity index (χ3n) is 6.98. The second-order valence-corrected chi connectivity index (χ2v) is 14.0. The predicted octanol–water partition coefficient (Wildman–Crippen LogP) is 6.80. The van der Waals surface area contributed by atoms with Crippen molar-refractivity contribution in [2.45, 2.75) is 39.7 Å². The molecule has 1 aliphatic rings. The zero-order chi connectivity index (χ0) is 22.8. The summed E-state index contributed by atoms with van der Waals surface area (Å²) in [6.45, 7) is 11.8. The van der Waals surface area contributed by atoms with E-state index in [9.17, 15) is 0 Å². The number of rotatable bonds is 6. The molecule has 164 valence electrons. The summed E-state index contributed by atoms with van der Waals surface area (Å²) >= 11 is 0. The van der Waals surface area contributed by atoms with Crippen molar-refractivity contribution in [1.29, 1.82) is 0 Å². The van der Waals surface area contributed by atoms with Gasteiger partial charge in [0, 0.05) is 10.7 Å². The van der Waals surface area contributed by atoms with Crippen LogP contribution >= 0.6 is 0 Å². The van der Waals surface area contributed by atoms with Crippen molar-refractivity contribution in [2.75, 3.05) is 4.98 Å². The molecule has 32 heavy (non-hydrogen) atoms. The maximum Gasteiger partial charge on any atom is 0.232 e. The molecule has 0 saturated carbocycles. The Morgan fingerprint density at radius 2 is 1.19 bits per heavy atom. The van der Waals surface area contributed by atoms with E-state index in [0.717, 1.165) is 0 Å². The van der Waals surface area contributed by atoms with E-state index in [2.05, 4.69) is 149 Å². The Hall–Kier alpha value is -2.84. The average molecular weight is 438 g/mol. The van der Waals surface area contributed by atoms with Crippen LogP contribution < -0.4 is 15.4 Å². The zero-order valence-corrected chi connectivity index (χ0v) is 21.0. The first kappa shape index (κ1) is 22.4. The highest BCUT2D eigenvalue weighted by molar-refractivity contribution is 7.07. The summed E-state index contributed by atoms with van der Waals surface area (Å²) in [7, 11) is -2.64. The van der Waals surface area contributed by atoms with Crippen molar-refractivity contribution in [3.63, 3.8) is 0 Å². The number of nitrogens with one attached hydrogen (secondary N) is 1. The third kappa shape index (κ3) is 3.67. The quantitative estimate of drug-likeness (QED) is 0.418. The van der Waals surface area contributed by atoms with Crippen LogP contribution in [0.4, 0.5) is 5.69 Å². The van der Waals surface area contributed by atoms with E-state index >= 15 is 0 Å². The first-order valence-electron chi connectivity index (χ1n) is 11.7. The molecule has 3 aromatic carbocycles. The van der Waals surface area contributed by atoms with Gasteiger partial charge in [-0.1, -0.05) is 132 Å². The zero-order valence-electron chi connectivity index (χ0n) is 20.0. The van der Waals surface area contributed by atoms with Crippen LogP contribution in [0.2, 0.25) is 5.04 Å². The number of benzene rings is 3. The van der Waals surface area contributed by atoms with Crippen molar-refractivity contribution >= 4 is 24.3 Å². The highest BCUT2D eigenvalue weighted by Gasteiger charge is 2.60. The van der Waals surface area contributed by atoms with Gasteiger partial charge in [-0.15, -0.1) is 0 Å². The molecule has 0 amide bonds. The molecular weight excluding hydrogens is 402 g/mol. The third-order valence-corrected chi connectivity index (χ3v) is 12.3. The number of hydrogen-bond acceptors (Lipinski definition) is 1. The summed E-state index contributed by atoms with van der Waals surface area (Å²) in [5.41, 5.74) is 2.61. The van der Waals surface area contributed by atoms with Gasteiger partial charge in [-0.05, 0) is 39.4 Å². The van der Waals surface area contributed by atoms with Crippen LogP contribution in [0, 0.1) is 11.3 Å². The first-order chi connectivity index (χ1) is 15.3. The van der Waals surface area contributed by atoms with Crippen molar-refractivity contribution in [3.05, 3.63) is 115 Å². The van der Waals surface area contributed by atoms with Crippen LogP contribution in [-0.2, 0) is 0 Å². The molecule has 0 aliphatic heterocycles. The van der Waals surface area contributed by atoms with Gasteiger partial charge < -0.3 is 4.98 Å². The van der Waals surface area contributed by atoms with Crippen molar-refractivity contribution in [1.82, 2.24) is 0 Å². The van der Waals surface area contributed by atoms with Gasteiger partial charge in [-0.2, -0.15) is 0 Å². The summed E-state index contributed by atoms with van der Waals surface area (Å²) in [4.78, 5) is 4.22. The molecule has 0 saturated heterocycles. The molecule has 1 N–H and O–H groups in total. The molecule has 2 heteroatoms. The molecule has 1 nitrogen and oxygen atoms in total. The average Bonchev–Trinajstić information content (AvgIpc) is 3.27.